The molecule has 2 aromatic carbocycles. The van der Waals surface area contributed by atoms with Crippen LogP contribution in [0.1, 0.15) is 35.5 Å². The number of ketones is 1. The molecule has 0 radical (unpaired) electrons. The van der Waals surface area contributed by atoms with Crippen LogP contribution in [-0.2, 0) is 27.4 Å². The standard InChI is InChI=1S/C23H25N3O5/c1-3-16-21(22(28)23(24)29)20-17(26(16)13-15-9-6-5-7-10-15)11-8-12-18(20)30-14-19(27)25-31-4-2/h5-12H,3-4,13-14H2,1-2H3,(H2,24,29)(H,25,27). The third-order valence-corrected chi connectivity index (χ3v) is 4.82. The minimum Gasteiger partial charge on any atom is -0.483 e. The number of nitrogens with two attached hydrogens (primary N) is 1. The van der Waals surface area contributed by atoms with Crippen molar-refractivity contribution in [2.75, 3.05) is 13.2 Å². The van der Waals surface area contributed by atoms with Gasteiger partial charge in [-0.2, -0.15) is 0 Å². The first kappa shape index (κ1) is 22.0. The molecule has 8 heteroatoms. The number of primary amides is 1. The van der Waals surface area contributed by atoms with E-state index in [4.69, 9.17) is 15.3 Å². The molecule has 0 saturated heterocycles. The Balaban J connectivity index is 2.13. The highest BCUT2D eigenvalue weighted by Crippen LogP contribution is 2.35. The number of Topliss-reactive ketones (excluding diaryl/α,β-unsaturated/α-hetero) is 1. The van der Waals surface area contributed by atoms with Gasteiger partial charge in [0, 0.05) is 12.2 Å². The van der Waals surface area contributed by atoms with E-state index in [1.807, 2.05) is 47.9 Å². The highest BCUT2D eigenvalue weighted by molar-refractivity contribution is 6.45. The number of aromatic nitrogens is 1. The van der Waals surface area contributed by atoms with E-state index in [1.165, 1.54) is 0 Å². The predicted octanol–water partition coefficient (Wildman–Crippen LogP) is 2.37. The van der Waals surface area contributed by atoms with Crippen LogP contribution in [0.25, 0.3) is 10.9 Å². The number of hydrogen-bond acceptors (Lipinski definition) is 5. The van der Waals surface area contributed by atoms with Crippen LogP contribution in [0.2, 0.25) is 0 Å². The SMILES string of the molecule is CCONC(=O)COc1cccc2c1c(C(=O)C(N)=O)c(CC)n2Cc1ccccc1. The van der Waals surface area contributed by atoms with Crippen LogP contribution in [0, 0.1) is 0 Å². The average Bonchev–Trinajstić information content (AvgIpc) is 3.10. The lowest BCUT2D eigenvalue weighted by atomic mass is 10.0. The molecule has 8 nitrogen and oxygen atoms in total. The maximum atomic E-state index is 12.8. The molecule has 31 heavy (non-hydrogen) atoms. The summed E-state index contributed by atoms with van der Waals surface area (Å²) in [6.45, 7) is 4.16. The molecule has 0 bridgehead atoms. The number of rotatable bonds is 10. The van der Waals surface area contributed by atoms with Crippen molar-refractivity contribution in [3.8, 4) is 5.75 Å². The molecule has 162 valence electrons. The van der Waals surface area contributed by atoms with E-state index < -0.39 is 17.6 Å². The Labute approximate surface area is 179 Å². The van der Waals surface area contributed by atoms with Crippen molar-refractivity contribution in [2.45, 2.75) is 26.8 Å². The Morgan fingerprint density at radius 1 is 1.03 bits per heavy atom. The van der Waals surface area contributed by atoms with Gasteiger partial charge in [-0.05, 0) is 31.0 Å². The fourth-order valence-corrected chi connectivity index (χ4v) is 3.55. The van der Waals surface area contributed by atoms with E-state index in [9.17, 15) is 14.4 Å². The van der Waals surface area contributed by atoms with Crippen molar-refractivity contribution in [3.63, 3.8) is 0 Å². The number of amides is 2. The first-order valence-corrected chi connectivity index (χ1v) is 10.0. The molecule has 0 saturated carbocycles. The molecular weight excluding hydrogens is 398 g/mol. The van der Waals surface area contributed by atoms with E-state index >= 15 is 0 Å². The van der Waals surface area contributed by atoms with E-state index in [-0.39, 0.29) is 12.2 Å². The number of benzene rings is 2. The number of carbonyl (C=O) groups excluding carboxylic acids is 3. The lowest BCUT2D eigenvalue weighted by Crippen LogP contribution is -2.29. The van der Waals surface area contributed by atoms with Crippen LogP contribution >= 0.6 is 0 Å². The van der Waals surface area contributed by atoms with Crippen LogP contribution in [0.5, 0.6) is 5.75 Å². The Hall–Kier alpha value is -3.65. The number of carbonyl (C=O) groups is 3. The van der Waals surface area contributed by atoms with Crippen molar-refractivity contribution in [1.82, 2.24) is 10.0 Å². The zero-order valence-electron chi connectivity index (χ0n) is 17.5. The van der Waals surface area contributed by atoms with Gasteiger partial charge in [0.05, 0.1) is 23.1 Å². The number of nitrogens with one attached hydrogen (secondary N) is 1. The lowest BCUT2D eigenvalue weighted by Gasteiger charge is -2.11. The number of nitrogens with zero attached hydrogens (tertiary/aromatic N) is 1. The molecule has 0 aliphatic carbocycles. The van der Waals surface area contributed by atoms with E-state index in [1.54, 1.807) is 19.1 Å². The Morgan fingerprint density at radius 3 is 2.42 bits per heavy atom. The van der Waals surface area contributed by atoms with Crippen molar-refractivity contribution in [2.24, 2.45) is 5.73 Å². The molecule has 1 aromatic heterocycles. The Bertz CT molecular complexity index is 1110. The van der Waals surface area contributed by atoms with Gasteiger partial charge in [0.15, 0.2) is 6.61 Å². The van der Waals surface area contributed by atoms with Gasteiger partial charge < -0.3 is 15.0 Å². The zero-order valence-corrected chi connectivity index (χ0v) is 17.5. The number of hydrogen-bond donors (Lipinski definition) is 2. The maximum Gasteiger partial charge on any atom is 0.289 e. The summed E-state index contributed by atoms with van der Waals surface area (Å²) in [6.07, 6.45) is 0.500. The minimum absolute atomic E-state index is 0.210. The topological polar surface area (TPSA) is 113 Å². The van der Waals surface area contributed by atoms with E-state index in [0.29, 0.717) is 41.9 Å². The van der Waals surface area contributed by atoms with Crippen LogP contribution in [-0.4, -0.2) is 35.4 Å². The van der Waals surface area contributed by atoms with Crippen molar-refractivity contribution < 1.29 is 24.0 Å². The molecule has 0 unspecified atom stereocenters. The third kappa shape index (κ3) is 4.75. The molecule has 0 aliphatic rings. The van der Waals surface area contributed by atoms with E-state index in [2.05, 4.69) is 5.48 Å². The molecule has 1 heterocycles. The predicted molar refractivity (Wildman–Crippen MR) is 116 cm³/mol. The number of fused-ring (bicyclic) bond motifs is 1. The normalized spacial score (nSPS) is 10.8. The van der Waals surface area contributed by atoms with Gasteiger partial charge in [-0.3, -0.25) is 19.2 Å². The monoisotopic (exact) mass is 423 g/mol. The summed E-state index contributed by atoms with van der Waals surface area (Å²) < 4.78 is 7.68. The van der Waals surface area contributed by atoms with Gasteiger partial charge in [0.2, 0.25) is 0 Å². The first-order chi connectivity index (χ1) is 15.0. The van der Waals surface area contributed by atoms with Crippen LogP contribution in [0.15, 0.2) is 48.5 Å². The summed E-state index contributed by atoms with van der Waals surface area (Å²) >= 11 is 0. The third-order valence-electron chi connectivity index (χ3n) is 4.82. The maximum absolute atomic E-state index is 12.8. The molecule has 0 spiro atoms. The number of ether oxygens (including phenoxy) is 1. The molecule has 3 N–H and O–H groups in total. The summed E-state index contributed by atoms with van der Waals surface area (Å²) in [6, 6.07) is 15.1. The van der Waals surface area contributed by atoms with Crippen molar-refractivity contribution in [3.05, 3.63) is 65.4 Å². The largest absolute Gasteiger partial charge is 0.483 e. The Morgan fingerprint density at radius 2 is 1.77 bits per heavy atom. The summed E-state index contributed by atoms with van der Waals surface area (Å²) in [5.74, 6) is -1.99. The summed E-state index contributed by atoms with van der Waals surface area (Å²) in [5.41, 5.74) is 10.2. The molecule has 0 atom stereocenters. The lowest BCUT2D eigenvalue weighted by molar-refractivity contribution is -0.135. The fraction of sp³-hybridized carbons (Fsp3) is 0.261. The second-order valence-electron chi connectivity index (χ2n) is 6.84. The minimum atomic E-state index is -1.04. The van der Waals surface area contributed by atoms with Gasteiger partial charge in [-0.1, -0.05) is 43.3 Å². The first-order valence-electron chi connectivity index (χ1n) is 10.0. The highest BCUT2D eigenvalue weighted by Gasteiger charge is 2.27. The smallest absolute Gasteiger partial charge is 0.289 e. The molecule has 3 rings (SSSR count). The van der Waals surface area contributed by atoms with Crippen molar-refractivity contribution >= 4 is 28.5 Å². The van der Waals surface area contributed by atoms with Crippen LogP contribution in [0.4, 0.5) is 0 Å². The molecule has 3 aromatic rings. The molecule has 0 fully saturated rings. The van der Waals surface area contributed by atoms with Gasteiger partial charge >= 0.3 is 0 Å². The van der Waals surface area contributed by atoms with Gasteiger partial charge in [-0.25, -0.2) is 5.48 Å². The van der Waals surface area contributed by atoms with Crippen molar-refractivity contribution in [1.29, 1.82) is 0 Å². The highest BCUT2D eigenvalue weighted by atomic mass is 16.7. The van der Waals surface area contributed by atoms with Gasteiger partial charge in [-0.15, -0.1) is 0 Å². The molecule has 0 aliphatic heterocycles. The van der Waals surface area contributed by atoms with Gasteiger partial charge in [0.25, 0.3) is 17.6 Å². The summed E-state index contributed by atoms with van der Waals surface area (Å²) in [7, 11) is 0. The van der Waals surface area contributed by atoms with Crippen LogP contribution in [0.3, 0.4) is 0 Å². The fourth-order valence-electron chi connectivity index (χ4n) is 3.55. The second kappa shape index (κ2) is 9.90. The van der Waals surface area contributed by atoms with Gasteiger partial charge in [0.1, 0.15) is 5.75 Å². The Kier molecular flexibility index (Phi) is 7.04. The number of hydroxylamine groups is 1. The molecular formula is C23H25N3O5. The molecule has 2 amide bonds. The van der Waals surface area contributed by atoms with E-state index in [0.717, 1.165) is 5.56 Å². The quantitative estimate of drug-likeness (QED) is 0.295. The van der Waals surface area contributed by atoms with Crippen LogP contribution < -0.4 is 16.0 Å². The zero-order chi connectivity index (χ0) is 22.4. The summed E-state index contributed by atoms with van der Waals surface area (Å²) in [5, 5.41) is 0.461. The second-order valence-corrected chi connectivity index (χ2v) is 6.84. The average molecular weight is 423 g/mol. The summed E-state index contributed by atoms with van der Waals surface area (Å²) in [4.78, 5) is 41.4.